The van der Waals surface area contributed by atoms with E-state index in [1.54, 1.807) is 0 Å². The second kappa shape index (κ2) is 6.20. The minimum absolute atomic E-state index is 0.233. The minimum Gasteiger partial charge on any atom is -0.342 e. The van der Waals surface area contributed by atoms with Crippen molar-refractivity contribution in [2.75, 3.05) is 26.7 Å². The van der Waals surface area contributed by atoms with Crippen molar-refractivity contribution in [2.24, 2.45) is 0 Å². The molecule has 0 spiro atoms. The molecule has 0 saturated heterocycles. The molecule has 0 aliphatic heterocycles. The molecule has 1 aromatic carbocycles. The van der Waals surface area contributed by atoms with Crippen molar-refractivity contribution in [1.82, 2.24) is 9.80 Å². The normalized spacial score (nSPS) is 17.6. The van der Waals surface area contributed by atoms with Crippen LogP contribution in [-0.2, 0) is 11.2 Å². The molecule has 3 nitrogen and oxygen atoms in total. The molecule has 0 bridgehead atoms. The van der Waals surface area contributed by atoms with Crippen LogP contribution in [0, 0.1) is 0 Å². The van der Waals surface area contributed by atoms with Crippen LogP contribution >= 0.6 is 0 Å². The molecule has 3 heteroatoms. The van der Waals surface area contributed by atoms with Gasteiger partial charge >= 0.3 is 0 Å². The Morgan fingerprint density at radius 3 is 2.63 bits per heavy atom. The summed E-state index contributed by atoms with van der Waals surface area (Å²) in [6.45, 7) is 6.17. The lowest BCUT2D eigenvalue weighted by atomic mass is 10.1. The predicted molar refractivity (Wildman–Crippen MR) is 78.1 cm³/mol. The van der Waals surface area contributed by atoms with E-state index < -0.39 is 0 Å². The summed E-state index contributed by atoms with van der Waals surface area (Å²) in [4.78, 5) is 16.3. The average Bonchev–Trinajstić information content (AvgIpc) is 2.84. The second-order valence-electron chi connectivity index (χ2n) is 5.23. The molecule has 0 aromatic heterocycles. The maximum Gasteiger partial charge on any atom is 0.236 e. The molecule has 1 aliphatic rings. The van der Waals surface area contributed by atoms with Gasteiger partial charge in [-0.1, -0.05) is 24.3 Å². The van der Waals surface area contributed by atoms with Crippen LogP contribution in [0.3, 0.4) is 0 Å². The molecule has 1 aromatic rings. The van der Waals surface area contributed by atoms with Crippen LogP contribution in [-0.4, -0.2) is 42.4 Å². The number of rotatable bonds is 5. The highest BCUT2D eigenvalue weighted by Gasteiger charge is 2.27. The topological polar surface area (TPSA) is 23.6 Å². The molecule has 0 radical (unpaired) electrons. The molecule has 104 valence electrons. The summed E-state index contributed by atoms with van der Waals surface area (Å²) in [6, 6.07) is 9.00. The van der Waals surface area contributed by atoms with Crippen molar-refractivity contribution >= 4 is 5.91 Å². The summed E-state index contributed by atoms with van der Waals surface area (Å²) < 4.78 is 0. The molecule has 19 heavy (non-hydrogen) atoms. The van der Waals surface area contributed by atoms with Crippen molar-refractivity contribution in [3.05, 3.63) is 35.4 Å². The van der Waals surface area contributed by atoms with Gasteiger partial charge in [-0.05, 0) is 44.9 Å². The highest BCUT2D eigenvalue weighted by molar-refractivity contribution is 5.78. The second-order valence-corrected chi connectivity index (χ2v) is 5.23. The Labute approximate surface area is 116 Å². The van der Waals surface area contributed by atoms with E-state index in [-0.39, 0.29) is 5.91 Å². The first-order chi connectivity index (χ1) is 9.17. The molecule has 1 amide bonds. The minimum atomic E-state index is 0.233. The van der Waals surface area contributed by atoms with Gasteiger partial charge in [-0.25, -0.2) is 0 Å². The van der Waals surface area contributed by atoms with E-state index in [2.05, 4.69) is 36.2 Å². The van der Waals surface area contributed by atoms with E-state index in [1.165, 1.54) is 11.1 Å². The molecular weight excluding hydrogens is 236 g/mol. The van der Waals surface area contributed by atoms with Gasteiger partial charge < -0.3 is 4.90 Å². The molecule has 1 atom stereocenters. The average molecular weight is 260 g/mol. The lowest BCUT2D eigenvalue weighted by Crippen LogP contribution is -2.39. The van der Waals surface area contributed by atoms with E-state index >= 15 is 0 Å². The third-order valence-corrected chi connectivity index (χ3v) is 4.13. The first-order valence-corrected chi connectivity index (χ1v) is 7.23. The summed E-state index contributed by atoms with van der Waals surface area (Å²) >= 11 is 0. The fourth-order valence-corrected chi connectivity index (χ4v) is 2.99. The van der Waals surface area contributed by atoms with Crippen molar-refractivity contribution in [3.8, 4) is 0 Å². The van der Waals surface area contributed by atoms with Crippen molar-refractivity contribution in [3.63, 3.8) is 0 Å². The lowest BCUT2D eigenvalue weighted by Gasteiger charge is -2.27. The van der Waals surface area contributed by atoms with Gasteiger partial charge in [-0.15, -0.1) is 0 Å². The molecule has 0 saturated carbocycles. The van der Waals surface area contributed by atoms with E-state index in [4.69, 9.17) is 0 Å². The Bertz CT molecular complexity index is 440. The van der Waals surface area contributed by atoms with Gasteiger partial charge in [0.15, 0.2) is 0 Å². The van der Waals surface area contributed by atoms with Crippen LogP contribution in [0.25, 0.3) is 0 Å². The zero-order valence-corrected chi connectivity index (χ0v) is 12.2. The SMILES string of the molecule is CCN(CC)C(=O)CN(C)[C@@H]1CCc2ccccc21. The van der Waals surface area contributed by atoms with Crippen LogP contribution in [0.2, 0.25) is 0 Å². The maximum absolute atomic E-state index is 12.2. The van der Waals surface area contributed by atoms with Gasteiger partial charge in [0, 0.05) is 19.1 Å². The zero-order chi connectivity index (χ0) is 13.8. The van der Waals surface area contributed by atoms with E-state index in [0.29, 0.717) is 12.6 Å². The Kier molecular flexibility index (Phi) is 4.59. The van der Waals surface area contributed by atoms with Crippen molar-refractivity contribution < 1.29 is 4.79 Å². The Balaban J connectivity index is 2.02. The predicted octanol–water partition coefficient (Wildman–Crippen LogP) is 2.47. The van der Waals surface area contributed by atoms with Crippen LogP contribution in [0.1, 0.15) is 37.4 Å². The van der Waals surface area contributed by atoms with E-state index in [1.807, 2.05) is 18.7 Å². The smallest absolute Gasteiger partial charge is 0.236 e. The van der Waals surface area contributed by atoms with E-state index in [0.717, 1.165) is 25.9 Å². The third kappa shape index (κ3) is 2.98. The first kappa shape index (κ1) is 14.1. The molecule has 2 rings (SSSR count). The molecule has 1 aliphatic carbocycles. The van der Waals surface area contributed by atoms with Crippen molar-refractivity contribution in [1.29, 1.82) is 0 Å². The number of amides is 1. The maximum atomic E-state index is 12.2. The summed E-state index contributed by atoms with van der Waals surface area (Å²) in [5.74, 6) is 0.233. The number of aryl methyl sites for hydroxylation is 1. The Morgan fingerprint density at radius 2 is 1.95 bits per heavy atom. The molecular formula is C16H24N2O. The Hall–Kier alpha value is -1.35. The highest BCUT2D eigenvalue weighted by atomic mass is 16.2. The summed E-state index contributed by atoms with van der Waals surface area (Å²) in [5.41, 5.74) is 2.84. The quantitative estimate of drug-likeness (QED) is 0.812. The number of carbonyl (C=O) groups excluding carboxylic acids is 1. The summed E-state index contributed by atoms with van der Waals surface area (Å²) in [6.07, 6.45) is 2.26. The fraction of sp³-hybridized carbons (Fsp3) is 0.562. The molecule has 0 N–H and O–H groups in total. The third-order valence-electron chi connectivity index (χ3n) is 4.13. The van der Waals surface area contributed by atoms with Gasteiger partial charge in [-0.2, -0.15) is 0 Å². The highest BCUT2D eigenvalue weighted by Crippen LogP contribution is 2.34. The van der Waals surface area contributed by atoms with Gasteiger partial charge in [0.2, 0.25) is 5.91 Å². The van der Waals surface area contributed by atoms with Crippen LogP contribution in [0.5, 0.6) is 0 Å². The van der Waals surface area contributed by atoms with E-state index in [9.17, 15) is 4.79 Å². The number of fused-ring (bicyclic) bond motifs is 1. The number of nitrogens with zero attached hydrogens (tertiary/aromatic N) is 2. The summed E-state index contributed by atoms with van der Waals surface area (Å²) in [5, 5.41) is 0. The monoisotopic (exact) mass is 260 g/mol. The molecule has 0 unspecified atom stereocenters. The zero-order valence-electron chi connectivity index (χ0n) is 12.2. The molecule has 0 heterocycles. The number of likely N-dealkylation sites (N-methyl/N-ethyl adjacent to an activating group) is 2. The molecule has 0 fully saturated rings. The Morgan fingerprint density at radius 1 is 1.26 bits per heavy atom. The standard InChI is InChI=1S/C16H24N2O/c1-4-18(5-2)16(19)12-17(3)15-11-10-13-8-6-7-9-14(13)15/h6-9,15H,4-5,10-12H2,1-3H3/t15-/m1/s1. The van der Waals surface area contributed by atoms with Crippen molar-refractivity contribution in [2.45, 2.75) is 32.7 Å². The van der Waals surface area contributed by atoms with Gasteiger partial charge in [-0.3, -0.25) is 9.69 Å². The lowest BCUT2D eigenvalue weighted by molar-refractivity contribution is -0.132. The van der Waals surface area contributed by atoms with Crippen LogP contribution in [0.15, 0.2) is 24.3 Å². The van der Waals surface area contributed by atoms with Gasteiger partial charge in [0.05, 0.1) is 6.54 Å². The largest absolute Gasteiger partial charge is 0.342 e. The number of carbonyl (C=O) groups is 1. The number of benzene rings is 1. The fourth-order valence-electron chi connectivity index (χ4n) is 2.99. The van der Waals surface area contributed by atoms with Crippen LogP contribution in [0.4, 0.5) is 0 Å². The number of hydrogen-bond donors (Lipinski definition) is 0. The van der Waals surface area contributed by atoms with Gasteiger partial charge in [0.25, 0.3) is 0 Å². The first-order valence-electron chi connectivity index (χ1n) is 7.23. The van der Waals surface area contributed by atoms with Gasteiger partial charge in [0.1, 0.15) is 0 Å². The number of hydrogen-bond acceptors (Lipinski definition) is 2. The van der Waals surface area contributed by atoms with Crippen LogP contribution < -0.4 is 0 Å². The summed E-state index contributed by atoms with van der Waals surface area (Å²) in [7, 11) is 2.06.